The molecule has 0 saturated carbocycles. The van der Waals surface area contributed by atoms with Crippen molar-refractivity contribution < 1.29 is 8.83 Å². The van der Waals surface area contributed by atoms with Gasteiger partial charge in [-0.05, 0) is 37.4 Å². The number of hydrogen-bond acceptors (Lipinski definition) is 4. The first-order valence-corrected chi connectivity index (χ1v) is 7.48. The van der Waals surface area contributed by atoms with Gasteiger partial charge in [0.15, 0.2) is 0 Å². The van der Waals surface area contributed by atoms with Crippen LogP contribution in [-0.2, 0) is 13.1 Å². The predicted octanol–water partition coefficient (Wildman–Crippen LogP) is 4.87. The van der Waals surface area contributed by atoms with Gasteiger partial charge in [-0.2, -0.15) is 0 Å². The van der Waals surface area contributed by atoms with Gasteiger partial charge in [0.2, 0.25) is 5.89 Å². The van der Waals surface area contributed by atoms with Gasteiger partial charge in [0.1, 0.15) is 12.0 Å². The maximum Gasteiger partial charge on any atom is 0.227 e. The quantitative estimate of drug-likeness (QED) is 0.666. The minimum atomic E-state index is 0.489. The van der Waals surface area contributed by atoms with Gasteiger partial charge in [-0.15, -0.1) is 0 Å². The normalized spacial score (nSPS) is 11.3. The second kappa shape index (κ2) is 6.57. The average molecular weight is 337 g/mol. The van der Waals surface area contributed by atoms with Gasteiger partial charge in [-0.3, -0.25) is 4.90 Å². The van der Waals surface area contributed by atoms with Crippen LogP contribution in [0, 0.1) is 0 Å². The summed E-state index contributed by atoms with van der Waals surface area (Å²) in [5.41, 5.74) is 1.56. The van der Waals surface area contributed by atoms with Crippen LogP contribution in [0.25, 0.3) is 11.5 Å². The molecule has 6 heteroatoms. The molecule has 114 valence electrons. The molecule has 0 N–H and O–H groups in total. The number of aromatic nitrogens is 1. The van der Waals surface area contributed by atoms with Crippen LogP contribution in [0.2, 0.25) is 10.0 Å². The number of nitrogens with zero attached hydrogens (tertiary/aromatic N) is 2. The van der Waals surface area contributed by atoms with E-state index in [1.165, 1.54) is 0 Å². The smallest absolute Gasteiger partial charge is 0.227 e. The van der Waals surface area contributed by atoms with Crippen LogP contribution in [0.5, 0.6) is 0 Å². The van der Waals surface area contributed by atoms with E-state index in [0.717, 1.165) is 17.0 Å². The monoisotopic (exact) mass is 336 g/mol. The zero-order valence-corrected chi connectivity index (χ0v) is 13.4. The van der Waals surface area contributed by atoms with Crippen molar-refractivity contribution in [3.05, 3.63) is 64.4 Å². The standard InChI is InChI=1S/C16H14Cl2N2O2/c1-20(9-13-3-2-6-21-13)8-12-10-22-16(19-12)14-5-4-11(17)7-15(14)18/h2-7,10H,8-9H2,1H3. The van der Waals surface area contributed by atoms with Crippen LogP contribution >= 0.6 is 23.2 Å². The summed E-state index contributed by atoms with van der Waals surface area (Å²) < 4.78 is 10.8. The highest BCUT2D eigenvalue weighted by atomic mass is 35.5. The van der Waals surface area contributed by atoms with Gasteiger partial charge < -0.3 is 8.83 Å². The van der Waals surface area contributed by atoms with Gasteiger partial charge in [-0.25, -0.2) is 4.98 Å². The summed E-state index contributed by atoms with van der Waals surface area (Å²) in [5.74, 6) is 1.40. The fourth-order valence-electron chi connectivity index (χ4n) is 2.17. The minimum Gasteiger partial charge on any atom is -0.468 e. The maximum atomic E-state index is 6.17. The number of furan rings is 1. The van der Waals surface area contributed by atoms with Crippen LogP contribution < -0.4 is 0 Å². The molecule has 0 amide bonds. The Labute approximate surface area is 138 Å². The maximum absolute atomic E-state index is 6.17. The summed E-state index contributed by atoms with van der Waals surface area (Å²) in [6, 6.07) is 9.05. The molecule has 0 radical (unpaired) electrons. The Morgan fingerprint density at radius 3 is 2.73 bits per heavy atom. The summed E-state index contributed by atoms with van der Waals surface area (Å²) in [5, 5.41) is 1.10. The topological polar surface area (TPSA) is 42.4 Å². The lowest BCUT2D eigenvalue weighted by atomic mass is 10.2. The second-order valence-corrected chi connectivity index (χ2v) is 5.86. The first kappa shape index (κ1) is 15.2. The van der Waals surface area contributed by atoms with E-state index >= 15 is 0 Å². The molecule has 0 fully saturated rings. The lowest BCUT2D eigenvalue weighted by Crippen LogP contribution is -2.17. The molecule has 0 aliphatic carbocycles. The summed E-state index contributed by atoms with van der Waals surface area (Å²) in [6.07, 6.45) is 3.30. The fourth-order valence-corrected chi connectivity index (χ4v) is 2.66. The number of hydrogen-bond donors (Lipinski definition) is 0. The van der Waals surface area contributed by atoms with Gasteiger partial charge >= 0.3 is 0 Å². The Kier molecular flexibility index (Phi) is 4.52. The van der Waals surface area contributed by atoms with Crippen molar-refractivity contribution in [2.45, 2.75) is 13.1 Å². The summed E-state index contributed by atoms with van der Waals surface area (Å²) in [4.78, 5) is 6.56. The first-order chi connectivity index (χ1) is 10.6. The van der Waals surface area contributed by atoms with Crippen LogP contribution in [-0.4, -0.2) is 16.9 Å². The number of benzene rings is 1. The Balaban J connectivity index is 1.70. The molecular weight excluding hydrogens is 323 g/mol. The van der Waals surface area contributed by atoms with E-state index in [2.05, 4.69) is 9.88 Å². The van der Waals surface area contributed by atoms with Crippen LogP contribution in [0.1, 0.15) is 11.5 Å². The first-order valence-electron chi connectivity index (χ1n) is 6.72. The molecule has 0 saturated heterocycles. The largest absolute Gasteiger partial charge is 0.468 e. The minimum absolute atomic E-state index is 0.489. The van der Waals surface area contributed by atoms with Gasteiger partial charge in [0.05, 0.1) is 29.1 Å². The zero-order chi connectivity index (χ0) is 15.5. The van der Waals surface area contributed by atoms with Gasteiger partial charge in [-0.1, -0.05) is 23.2 Å². The molecule has 1 aromatic carbocycles. The van der Waals surface area contributed by atoms with E-state index in [9.17, 15) is 0 Å². The van der Waals surface area contributed by atoms with Crippen molar-refractivity contribution in [1.82, 2.24) is 9.88 Å². The molecule has 2 heterocycles. The predicted molar refractivity (Wildman–Crippen MR) is 85.8 cm³/mol. The summed E-state index contributed by atoms with van der Waals surface area (Å²) in [6.45, 7) is 1.35. The molecule has 2 aromatic heterocycles. The van der Waals surface area contributed by atoms with E-state index in [1.54, 1.807) is 30.7 Å². The molecule has 3 rings (SSSR count). The molecule has 0 aliphatic rings. The van der Waals surface area contributed by atoms with E-state index in [0.29, 0.717) is 29.0 Å². The van der Waals surface area contributed by atoms with Crippen molar-refractivity contribution in [1.29, 1.82) is 0 Å². The lowest BCUT2D eigenvalue weighted by Gasteiger charge is -2.12. The van der Waals surface area contributed by atoms with Crippen molar-refractivity contribution in [2.75, 3.05) is 7.05 Å². The molecule has 22 heavy (non-hydrogen) atoms. The number of rotatable bonds is 5. The third kappa shape index (κ3) is 3.53. The Morgan fingerprint density at radius 2 is 2.00 bits per heavy atom. The molecule has 4 nitrogen and oxygen atoms in total. The Hall–Kier alpha value is -1.75. The zero-order valence-electron chi connectivity index (χ0n) is 11.9. The number of oxazole rings is 1. The summed E-state index contributed by atoms with van der Waals surface area (Å²) in [7, 11) is 1.99. The average Bonchev–Trinajstić information content (AvgIpc) is 3.10. The van der Waals surface area contributed by atoms with Crippen LogP contribution in [0.4, 0.5) is 0 Å². The van der Waals surface area contributed by atoms with Crippen LogP contribution in [0.3, 0.4) is 0 Å². The van der Waals surface area contributed by atoms with Crippen molar-refractivity contribution in [3.8, 4) is 11.5 Å². The number of halogens is 2. The van der Waals surface area contributed by atoms with Crippen molar-refractivity contribution >= 4 is 23.2 Å². The van der Waals surface area contributed by atoms with Crippen LogP contribution in [0.15, 0.2) is 51.7 Å². The van der Waals surface area contributed by atoms with E-state index in [1.807, 2.05) is 19.2 Å². The highest BCUT2D eigenvalue weighted by Gasteiger charge is 2.12. The van der Waals surface area contributed by atoms with Gasteiger partial charge in [0.25, 0.3) is 0 Å². The fraction of sp³-hybridized carbons (Fsp3) is 0.188. The summed E-state index contributed by atoms with van der Waals surface area (Å²) >= 11 is 12.1. The van der Waals surface area contributed by atoms with Crippen molar-refractivity contribution in [2.24, 2.45) is 0 Å². The highest BCUT2D eigenvalue weighted by molar-refractivity contribution is 6.36. The third-order valence-corrected chi connectivity index (χ3v) is 3.70. The molecular formula is C16H14Cl2N2O2. The van der Waals surface area contributed by atoms with Crippen molar-refractivity contribution in [3.63, 3.8) is 0 Å². The van der Waals surface area contributed by atoms with E-state index in [-0.39, 0.29) is 0 Å². The van der Waals surface area contributed by atoms with E-state index < -0.39 is 0 Å². The molecule has 0 spiro atoms. The molecule has 0 aliphatic heterocycles. The Morgan fingerprint density at radius 1 is 1.14 bits per heavy atom. The van der Waals surface area contributed by atoms with E-state index in [4.69, 9.17) is 32.0 Å². The molecule has 0 unspecified atom stereocenters. The third-order valence-electron chi connectivity index (χ3n) is 3.15. The molecule has 0 atom stereocenters. The lowest BCUT2D eigenvalue weighted by molar-refractivity contribution is 0.284. The highest BCUT2D eigenvalue weighted by Crippen LogP contribution is 2.29. The Bertz CT molecular complexity index is 753. The SMILES string of the molecule is CN(Cc1coc(-c2ccc(Cl)cc2Cl)n1)Cc1ccco1. The second-order valence-electron chi connectivity index (χ2n) is 5.02. The molecule has 0 bridgehead atoms. The van der Waals surface area contributed by atoms with Gasteiger partial charge in [0, 0.05) is 11.6 Å². The molecule has 3 aromatic rings.